The van der Waals surface area contributed by atoms with Gasteiger partial charge in [0.2, 0.25) is 0 Å². The van der Waals surface area contributed by atoms with Crippen LogP contribution in [-0.2, 0) is 11.2 Å². The molecule has 0 N–H and O–H groups in total. The van der Waals surface area contributed by atoms with Gasteiger partial charge in [0.25, 0.3) is 0 Å². The van der Waals surface area contributed by atoms with E-state index in [9.17, 15) is 0 Å². The lowest BCUT2D eigenvalue weighted by atomic mass is 10.1. The summed E-state index contributed by atoms with van der Waals surface area (Å²) in [6.45, 7) is 5.04. The first-order valence-corrected chi connectivity index (χ1v) is 5.96. The van der Waals surface area contributed by atoms with Gasteiger partial charge in [0, 0.05) is 24.2 Å². The molecule has 2 aromatic rings. The summed E-state index contributed by atoms with van der Waals surface area (Å²) >= 11 is 0. The van der Waals surface area contributed by atoms with Crippen LogP contribution in [0.3, 0.4) is 0 Å². The van der Waals surface area contributed by atoms with E-state index in [1.54, 1.807) is 7.11 Å². The minimum Gasteiger partial charge on any atom is -0.384 e. The van der Waals surface area contributed by atoms with Gasteiger partial charge in [-0.1, -0.05) is 18.2 Å². The number of rotatable bonds is 4. The molecular formula is C15H19NO. The largest absolute Gasteiger partial charge is 0.384 e. The number of aryl methyl sites for hydroxylation is 2. The highest BCUT2D eigenvalue weighted by Gasteiger charge is 2.07. The Hall–Kier alpha value is -1.54. The van der Waals surface area contributed by atoms with Crippen LogP contribution in [0.25, 0.3) is 5.69 Å². The summed E-state index contributed by atoms with van der Waals surface area (Å²) in [4.78, 5) is 0. The molecule has 0 atom stereocenters. The van der Waals surface area contributed by atoms with E-state index in [1.807, 2.05) is 0 Å². The van der Waals surface area contributed by atoms with Crippen molar-refractivity contribution in [1.82, 2.24) is 4.57 Å². The Morgan fingerprint density at radius 3 is 2.29 bits per heavy atom. The number of aromatic nitrogens is 1. The maximum atomic E-state index is 5.17. The van der Waals surface area contributed by atoms with E-state index in [1.165, 1.54) is 22.6 Å². The van der Waals surface area contributed by atoms with Crippen molar-refractivity contribution in [3.05, 3.63) is 53.3 Å². The second-order valence-electron chi connectivity index (χ2n) is 4.32. The van der Waals surface area contributed by atoms with Crippen LogP contribution in [0.5, 0.6) is 0 Å². The van der Waals surface area contributed by atoms with Gasteiger partial charge in [-0.2, -0.15) is 0 Å². The van der Waals surface area contributed by atoms with Gasteiger partial charge >= 0.3 is 0 Å². The molecule has 0 aliphatic carbocycles. The minimum atomic E-state index is 0.760. The molecule has 0 radical (unpaired) electrons. The molecule has 2 nitrogen and oxygen atoms in total. The lowest BCUT2D eigenvalue weighted by Gasteiger charge is -2.14. The summed E-state index contributed by atoms with van der Waals surface area (Å²) in [6.07, 6.45) is 0.948. The van der Waals surface area contributed by atoms with Crippen molar-refractivity contribution >= 4 is 0 Å². The van der Waals surface area contributed by atoms with Crippen LogP contribution in [0.15, 0.2) is 36.4 Å². The van der Waals surface area contributed by atoms with Crippen LogP contribution in [0.2, 0.25) is 0 Å². The van der Waals surface area contributed by atoms with Gasteiger partial charge in [0.1, 0.15) is 0 Å². The molecule has 0 saturated heterocycles. The first-order chi connectivity index (χ1) is 8.24. The van der Waals surface area contributed by atoms with E-state index in [0.717, 1.165) is 13.0 Å². The van der Waals surface area contributed by atoms with Crippen LogP contribution in [0.1, 0.15) is 17.0 Å². The zero-order valence-corrected chi connectivity index (χ0v) is 10.7. The molecule has 0 bridgehead atoms. The van der Waals surface area contributed by atoms with Gasteiger partial charge in [-0.3, -0.25) is 0 Å². The molecule has 17 heavy (non-hydrogen) atoms. The fourth-order valence-electron chi connectivity index (χ4n) is 2.20. The summed E-state index contributed by atoms with van der Waals surface area (Å²) in [6, 6.07) is 12.8. The molecule has 0 spiro atoms. The van der Waals surface area contributed by atoms with E-state index in [0.29, 0.717) is 0 Å². The van der Waals surface area contributed by atoms with Crippen LogP contribution >= 0.6 is 0 Å². The van der Waals surface area contributed by atoms with Crippen LogP contribution in [-0.4, -0.2) is 18.3 Å². The topological polar surface area (TPSA) is 14.2 Å². The molecule has 1 aromatic heterocycles. The number of methoxy groups -OCH3 is 1. The molecule has 90 valence electrons. The summed E-state index contributed by atoms with van der Waals surface area (Å²) in [7, 11) is 1.74. The predicted octanol–water partition coefficient (Wildman–Crippen LogP) is 3.28. The van der Waals surface area contributed by atoms with E-state index in [2.05, 4.69) is 54.8 Å². The van der Waals surface area contributed by atoms with Crippen molar-refractivity contribution in [2.45, 2.75) is 20.3 Å². The standard InChI is InChI=1S/C15H19NO/c1-12-8-9-13(2)16(12)15-7-5-4-6-14(15)10-11-17-3/h4-9H,10-11H2,1-3H3. The first-order valence-electron chi connectivity index (χ1n) is 5.96. The monoisotopic (exact) mass is 229 g/mol. The van der Waals surface area contributed by atoms with E-state index in [4.69, 9.17) is 4.74 Å². The van der Waals surface area contributed by atoms with Gasteiger partial charge in [0.05, 0.1) is 6.61 Å². The normalized spacial score (nSPS) is 10.8. The third kappa shape index (κ3) is 2.42. The van der Waals surface area contributed by atoms with E-state index < -0.39 is 0 Å². The molecule has 0 aliphatic heterocycles. The fourth-order valence-corrected chi connectivity index (χ4v) is 2.20. The van der Waals surface area contributed by atoms with Crippen molar-refractivity contribution in [3.8, 4) is 5.69 Å². The van der Waals surface area contributed by atoms with Crippen LogP contribution < -0.4 is 0 Å². The molecule has 0 unspecified atom stereocenters. The number of para-hydroxylation sites is 1. The van der Waals surface area contributed by atoms with Crippen molar-refractivity contribution in [3.63, 3.8) is 0 Å². The predicted molar refractivity (Wildman–Crippen MR) is 70.8 cm³/mol. The van der Waals surface area contributed by atoms with Gasteiger partial charge in [-0.15, -0.1) is 0 Å². The lowest BCUT2D eigenvalue weighted by molar-refractivity contribution is 0.202. The third-order valence-corrected chi connectivity index (χ3v) is 3.08. The summed E-state index contributed by atoms with van der Waals surface area (Å²) in [5.74, 6) is 0. The number of hydrogen-bond acceptors (Lipinski definition) is 1. The average Bonchev–Trinajstić information content (AvgIpc) is 2.67. The second kappa shape index (κ2) is 5.19. The number of benzene rings is 1. The van der Waals surface area contributed by atoms with Gasteiger partial charge in [-0.05, 0) is 44.0 Å². The molecule has 2 heteroatoms. The van der Waals surface area contributed by atoms with Gasteiger partial charge < -0.3 is 9.30 Å². The summed E-state index contributed by atoms with van der Waals surface area (Å²) in [5.41, 5.74) is 5.14. The summed E-state index contributed by atoms with van der Waals surface area (Å²) < 4.78 is 7.47. The van der Waals surface area contributed by atoms with E-state index in [-0.39, 0.29) is 0 Å². The maximum absolute atomic E-state index is 5.17. The molecule has 0 fully saturated rings. The highest BCUT2D eigenvalue weighted by Crippen LogP contribution is 2.20. The second-order valence-corrected chi connectivity index (χ2v) is 4.32. The zero-order chi connectivity index (χ0) is 12.3. The first kappa shape index (κ1) is 11.9. The summed E-state index contributed by atoms with van der Waals surface area (Å²) in [5, 5.41) is 0. The maximum Gasteiger partial charge on any atom is 0.0503 e. The fraction of sp³-hybridized carbons (Fsp3) is 0.333. The molecule has 1 aromatic carbocycles. The van der Waals surface area contributed by atoms with Crippen molar-refractivity contribution in [2.75, 3.05) is 13.7 Å². The molecular weight excluding hydrogens is 210 g/mol. The average molecular weight is 229 g/mol. The Bertz CT molecular complexity index is 480. The molecule has 0 amide bonds. The highest BCUT2D eigenvalue weighted by molar-refractivity contribution is 5.44. The minimum absolute atomic E-state index is 0.760. The molecule has 1 heterocycles. The SMILES string of the molecule is COCCc1ccccc1-n1c(C)ccc1C. The van der Waals surface area contributed by atoms with Crippen LogP contribution in [0, 0.1) is 13.8 Å². The van der Waals surface area contributed by atoms with Crippen LogP contribution in [0.4, 0.5) is 0 Å². The third-order valence-electron chi connectivity index (χ3n) is 3.08. The zero-order valence-electron chi connectivity index (χ0n) is 10.7. The Kier molecular flexibility index (Phi) is 3.64. The van der Waals surface area contributed by atoms with Crippen molar-refractivity contribution in [2.24, 2.45) is 0 Å². The lowest BCUT2D eigenvalue weighted by Crippen LogP contribution is -2.05. The van der Waals surface area contributed by atoms with Crippen molar-refractivity contribution in [1.29, 1.82) is 0 Å². The number of hydrogen-bond donors (Lipinski definition) is 0. The van der Waals surface area contributed by atoms with E-state index >= 15 is 0 Å². The smallest absolute Gasteiger partial charge is 0.0503 e. The highest BCUT2D eigenvalue weighted by atomic mass is 16.5. The number of ether oxygens (including phenoxy) is 1. The quantitative estimate of drug-likeness (QED) is 0.784. The number of nitrogens with zero attached hydrogens (tertiary/aromatic N) is 1. The molecule has 2 rings (SSSR count). The molecule has 0 aliphatic rings. The van der Waals surface area contributed by atoms with Crippen molar-refractivity contribution < 1.29 is 4.74 Å². The Morgan fingerprint density at radius 2 is 1.65 bits per heavy atom. The Morgan fingerprint density at radius 1 is 1.00 bits per heavy atom. The molecule has 0 saturated carbocycles. The Labute approximate surface area is 103 Å². The van der Waals surface area contributed by atoms with Gasteiger partial charge in [-0.25, -0.2) is 0 Å². The Balaban J connectivity index is 2.44. The van der Waals surface area contributed by atoms with Gasteiger partial charge in [0.15, 0.2) is 0 Å².